The van der Waals surface area contributed by atoms with Gasteiger partial charge >= 0.3 is 0 Å². The van der Waals surface area contributed by atoms with Crippen LogP contribution in [0.25, 0.3) is 0 Å². The van der Waals surface area contributed by atoms with Crippen LogP contribution in [0.2, 0.25) is 0 Å². The maximum absolute atomic E-state index is 12.3. The molecule has 0 spiro atoms. The Morgan fingerprint density at radius 3 is 2.21 bits per heavy atom. The van der Waals surface area contributed by atoms with Crippen LogP contribution in [0.15, 0.2) is 24.3 Å². The van der Waals surface area contributed by atoms with E-state index < -0.39 is 0 Å². The summed E-state index contributed by atoms with van der Waals surface area (Å²) in [5.41, 5.74) is 8.76. The standard InChI is InChI=1S/C16H24N2O/c1-12(2)11-15(17)16(19)18-9-7-13-5-3-4-6-14(13)8-10-18/h3-6,12,15H,7-11,17H2,1-2H3/t15-/m0/s1. The number of benzene rings is 1. The largest absolute Gasteiger partial charge is 0.341 e. The number of hydrogen-bond acceptors (Lipinski definition) is 2. The van der Waals surface area contributed by atoms with Crippen LogP contribution in [0.3, 0.4) is 0 Å². The Morgan fingerprint density at radius 2 is 1.74 bits per heavy atom. The van der Waals surface area contributed by atoms with Crippen LogP contribution in [-0.4, -0.2) is 29.9 Å². The fourth-order valence-electron chi connectivity index (χ4n) is 2.73. The van der Waals surface area contributed by atoms with Gasteiger partial charge in [0.2, 0.25) is 5.91 Å². The second kappa shape index (κ2) is 6.20. The molecule has 1 aliphatic heterocycles. The Morgan fingerprint density at radius 1 is 1.21 bits per heavy atom. The fraction of sp³-hybridized carbons (Fsp3) is 0.562. The van der Waals surface area contributed by atoms with Crippen molar-refractivity contribution in [2.45, 2.75) is 39.2 Å². The minimum absolute atomic E-state index is 0.113. The molecule has 1 heterocycles. The smallest absolute Gasteiger partial charge is 0.239 e. The molecule has 0 aliphatic carbocycles. The molecular formula is C16H24N2O. The number of nitrogens with zero attached hydrogens (tertiary/aromatic N) is 1. The van der Waals surface area contributed by atoms with Gasteiger partial charge in [0.25, 0.3) is 0 Å². The number of hydrogen-bond donors (Lipinski definition) is 1. The maximum Gasteiger partial charge on any atom is 0.239 e. The molecule has 3 nitrogen and oxygen atoms in total. The quantitative estimate of drug-likeness (QED) is 0.903. The van der Waals surface area contributed by atoms with Gasteiger partial charge in [-0.25, -0.2) is 0 Å². The molecule has 1 amide bonds. The van der Waals surface area contributed by atoms with Gasteiger partial charge in [0, 0.05) is 13.1 Å². The van der Waals surface area contributed by atoms with E-state index in [4.69, 9.17) is 5.73 Å². The molecule has 1 atom stereocenters. The summed E-state index contributed by atoms with van der Waals surface area (Å²) >= 11 is 0. The Hall–Kier alpha value is -1.35. The van der Waals surface area contributed by atoms with E-state index in [0.29, 0.717) is 5.92 Å². The molecular weight excluding hydrogens is 236 g/mol. The Kier molecular flexibility index (Phi) is 4.59. The molecule has 1 aromatic carbocycles. The van der Waals surface area contributed by atoms with E-state index in [0.717, 1.165) is 32.4 Å². The SMILES string of the molecule is CC(C)C[C@H](N)C(=O)N1CCc2ccccc2CC1. The molecule has 3 heteroatoms. The van der Waals surface area contributed by atoms with Gasteiger partial charge in [-0.3, -0.25) is 4.79 Å². The number of carbonyl (C=O) groups excluding carboxylic acids is 1. The molecule has 1 aromatic rings. The average molecular weight is 260 g/mol. The summed E-state index contributed by atoms with van der Waals surface area (Å²) < 4.78 is 0. The molecule has 104 valence electrons. The van der Waals surface area contributed by atoms with E-state index in [9.17, 15) is 4.79 Å². The van der Waals surface area contributed by atoms with Crippen LogP contribution in [0.5, 0.6) is 0 Å². The van der Waals surface area contributed by atoms with Gasteiger partial charge in [-0.05, 0) is 36.3 Å². The first-order valence-electron chi connectivity index (χ1n) is 7.19. The third-order valence-corrected chi connectivity index (χ3v) is 3.77. The summed E-state index contributed by atoms with van der Waals surface area (Å²) in [6.45, 7) is 5.79. The summed E-state index contributed by atoms with van der Waals surface area (Å²) in [5.74, 6) is 0.574. The summed E-state index contributed by atoms with van der Waals surface area (Å²) in [5, 5.41) is 0. The molecule has 0 radical (unpaired) electrons. The van der Waals surface area contributed by atoms with Crippen LogP contribution in [0.4, 0.5) is 0 Å². The lowest BCUT2D eigenvalue weighted by Crippen LogP contribution is -2.45. The van der Waals surface area contributed by atoms with Gasteiger partial charge in [0.05, 0.1) is 6.04 Å². The molecule has 19 heavy (non-hydrogen) atoms. The van der Waals surface area contributed by atoms with Crippen LogP contribution in [-0.2, 0) is 17.6 Å². The van der Waals surface area contributed by atoms with E-state index >= 15 is 0 Å². The van der Waals surface area contributed by atoms with Crippen molar-refractivity contribution in [1.82, 2.24) is 4.90 Å². The number of nitrogens with two attached hydrogens (primary N) is 1. The highest BCUT2D eigenvalue weighted by Gasteiger charge is 2.23. The van der Waals surface area contributed by atoms with Crippen molar-refractivity contribution in [3.8, 4) is 0 Å². The maximum atomic E-state index is 12.3. The lowest BCUT2D eigenvalue weighted by Gasteiger charge is -2.24. The first-order chi connectivity index (χ1) is 9.08. The molecule has 2 rings (SSSR count). The van der Waals surface area contributed by atoms with Gasteiger partial charge in [0.1, 0.15) is 0 Å². The van der Waals surface area contributed by atoms with Crippen molar-refractivity contribution >= 4 is 5.91 Å². The molecule has 0 aromatic heterocycles. The lowest BCUT2D eigenvalue weighted by atomic mass is 10.0. The zero-order chi connectivity index (χ0) is 13.8. The second-order valence-electron chi connectivity index (χ2n) is 5.83. The number of carbonyl (C=O) groups is 1. The van der Waals surface area contributed by atoms with Crippen LogP contribution in [0, 0.1) is 5.92 Å². The Bertz CT molecular complexity index is 415. The van der Waals surface area contributed by atoms with Crippen LogP contribution < -0.4 is 5.73 Å². The summed E-state index contributed by atoms with van der Waals surface area (Å²) in [7, 11) is 0. The van der Waals surface area contributed by atoms with E-state index in [2.05, 4.69) is 38.1 Å². The van der Waals surface area contributed by atoms with Gasteiger partial charge in [-0.15, -0.1) is 0 Å². The highest BCUT2D eigenvalue weighted by Crippen LogP contribution is 2.16. The third kappa shape index (κ3) is 3.57. The van der Waals surface area contributed by atoms with Gasteiger partial charge in [-0.1, -0.05) is 38.1 Å². The second-order valence-corrected chi connectivity index (χ2v) is 5.83. The molecule has 0 fully saturated rings. The molecule has 0 saturated heterocycles. The topological polar surface area (TPSA) is 46.3 Å². The first kappa shape index (κ1) is 14.1. The van der Waals surface area contributed by atoms with Crippen LogP contribution in [0.1, 0.15) is 31.4 Å². The fourth-order valence-corrected chi connectivity index (χ4v) is 2.73. The van der Waals surface area contributed by atoms with Crippen molar-refractivity contribution in [3.05, 3.63) is 35.4 Å². The van der Waals surface area contributed by atoms with Crippen LogP contribution >= 0.6 is 0 Å². The van der Waals surface area contributed by atoms with E-state index in [1.807, 2.05) is 4.90 Å². The summed E-state index contributed by atoms with van der Waals surface area (Å²) in [6, 6.07) is 8.12. The number of rotatable bonds is 3. The van der Waals surface area contributed by atoms with Crippen molar-refractivity contribution in [3.63, 3.8) is 0 Å². The molecule has 0 saturated carbocycles. The number of fused-ring (bicyclic) bond motifs is 1. The molecule has 1 aliphatic rings. The van der Waals surface area contributed by atoms with Crippen molar-refractivity contribution in [2.75, 3.05) is 13.1 Å². The minimum Gasteiger partial charge on any atom is -0.341 e. The normalized spacial score (nSPS) is 16.9. The lowest BCUT2D eigenvalue weighted by molar-refractivity contribution is -0.132. The van der Waals surface area contributed by atoms with E-state index in [1.165, 1.54) is 11.1 Å². The van der Waals surface area contributed by atoms with Gasteiger partial charge in [0.15, 0.2) is 0 Å². The predicted octanol–water partition coefficient (Wildman–Crippen LogP) is 1.99. The zero-order valence-corrected chi connectivity index (χ0v) is 11.9. The van der Waals surface area contributed by atoms with Crippen molar-refractivity contribution in [2.24, 2.45) is 11.7 Å². The Labute approximate surface area is 115 Å². The zero-order valence-electron chi connectivity index (χ0n) is 11.9. The van der Waals surface area contributed by atoms with Crippen molar-refractivity contribution in [1.29, 1.82) is 0 Å². The third-order valence-electron chi connectivity index (χ3n) is 3.77. The first-order valence-corrected chi connectivity index (χ1v) is 7.19. The summed E-state index contributed by atoms with van der Waals surface area (Å²) in [6.07, 6.45) is 2.65. The Balaban J connectivity index is 1.99. The van der Waals surface area contributed by atoms with E-state index in [-0.39, 0.29) is 11.9 Å². The summed E-state index contributed by atoms with van der Waals surface area (Å²) in [4.78, 5) is 14.3. The molecule has 0 bridgehead atoms. The average Bonchev–Trinajstić information content (AvgIpc) is 2.59. The van der Waals surface area contributed by atoms with E-state index in [1.54, 1.807) is 0 Å². The predicted molar refractivity (Wildman–Crippen MR) is 77.9 cm³/mol. The minimum atomic E-state index is -0.346. The highest BCUT2D eigenvalue weighted by atomic mass is 16.2. The molecule has 2 N–H and O–H groups in total. The van der Waals surface area contributed by atoms with Gasteiger partial charge in [-0.2, -0.15) is 0 Å². The van der Waals surface area contributed by atoms with Crippen molar-refractivity contribution < 1.29 is 4.79 Å². The monoisotopic (exact) mass is 260 g/mol. The molecule has 0 unspecified atom stereocenters. The highest BCUT2D eigenvalue weighted by molar-refractivity contribution is 5.81. The van der Waals surface area contributed by atoms with Gasteiger partial charge < -0.3 is 10.6 Å². The number of amides is 1.